The van der Waals surface area contributed by atoms with Crippen LogP contribution < -0.4 is 10.6 Å². The molecule has 0 fully saturated rings. The van der Waals surface area contributed by atoms with Crippen molar-refractivity contribution in [3.8, 4) is 0 Å². The van der Waals surface area contributed by atoms with E-state index in [0.717, 1.165) is 0 Å². The molecule has 0 aliphatic rings. The topological polar surface area (TPSA) is 78.4 Å². The largest absolute Gasteiger partial charge is 0.480 e. The SMILES string of the molecule is CC(C)C(NC(=O)N/C=C/C(C)(C)C)C(=O)O. The maximum atomic E-state index is 11.4. The highest BCUT2D eigenvalue weighted by Gasteiger charge is 2.22. The van der Waals surface area contributed by atoms with E-state index in [1.165, 1.54) is 6.20 Å². The zero-order valence-corrected chi connectivity index (χ0v) is 11.1. The summed E-state index contributed by atoms with van der Waals surface area (Å²) < 4.78 is 0. The molecule has 0 spiro atoms. The second-order valence-corrected chi connectivity index (χ2v) is 5.38. The third-order valence-electron chi connectivity index (χ3n) is 2.02. The summed E-state index contributed by atoms with van der Waals surface area (Å²) in [6, 6.07) is -1.38. The Morgan fingerprint density at radius 1 is 1.24 bits per heavy atom. The molecule has 0 saturated carbocycles. The van der Waals surface area contributed by atoms with Crippen molar-refractivity contribution < 1.29 is 14.7 Å². The summed E-state index contributed by atoms with van der Waals surface area (Å²) in [4.78, 5) is 22.3. The molecule has 0 rings (SSSR count). The zero-order chi connectivity index (χ0) is 13.6. The van der Waals surface area contributed by atoms with Gasteiger partial charge in [-0.15, -0.1) is 0 Å². The molecule has 0 bridgehead atoms. The van der Waals surface area contributed by atoms with Crippen LogP contribution in [0.15, 0.2) is 12.3 Å². The van der Waals surface area contributed by atoms with Gasteiger partial charge in [0, 0.05) is 6.20 Å². The van der Waals surface area contributed by atoms with Crippen molar-refractivity contribution in [2.24, 2.45) is 11.3 Å². The van der Waals surface area contributed by atoms with Gasteiger partial charge in [-0.2, -0.15) is 0 Å². The highest BCUT2D eigenvalue weighted by molar-refractivity contribution is 5.83. The monoisotopic (exact) mass is 242 g/mol. The lowest BCUT2D eigenvalue weighted by atomic mass is 9.97. The quantitative estimate of drug-likeness (QED) is 0.705. The van der Waals surface area contributed by atoms with E-state index in [0.29, 0.717) is 0 Å². The maximum Gasteiger partial charge on any atom is 0.326 e. The fourth-order valence-electron chi connectivity index (χ4n) is 1.06. The van der Waals surface area contributed by atoms with Crippen LogP contribution in [0.1, 0.15) is 34.6 Å². The number of hydrogen-bond donors (Lipinski definition) is 3. The molecule has 0 aliphatic heterocycles. The lowest BCUT2D eigenvalue weighted by molar-refractivity contribution is -0.140. The van der Waals surface area contributed by atoms with Crippen molar-refractivity contribution in [2.75, 3.05) is 0 Å². The van der Waals surface area contributed by atoms with Crippen LogP contribution in [0.2, 0.25) is 0 Å². The molecule has 1 atom stereocenters. The first-order chi connectivity index (χ1) is 7.63. The fourth-order valence-corrected chi connectivity index (χ4v) is 1.06. The van der Waals surface area contributed by atoms with Crippen molar-refractivity contribution in [1.82, 2.24) is 10.6 Å². The van der Waals surface area contributed by atoms with Crippen LogP contribution in [-0.2, 0) is 4.79 Å². The smallest absolute Gasteiger partial charge is 0.326 e. The third-order valence-corrected chi connectivity index (χ3v) is 2.02. The molecule has 1 unspecified atom stereocenters. The van der Waals surface area contributed by atoms with Crippen LogP contribution in [0.25, 0.3) is 0 Å². The summed E-state index contributed by atoms with van der Waals surface area (Å²) in [5.74, 6) is -1.19. The molecule has 0 aromatic rings. The Bertz CT molecular complexity index is 303. The van der Waals surface area contributed by atoms with Crippen molar-refractivity contribution in [3.63, 3.8) is 0 Å². The Balaban J connectivity index is 4.26. The van der Waals surface area contributed by atoms with Gasteiger partial charge in [0.05, 0.1) is 0 Å². The number of nitrogens with one attached hydrogen (secondary N) is 2. The predicted octanol–water partition coefficient (Wildman–Crippen LogP) is 1.95. The lowest BCUT2D eigenvalue weighted by Gasteiger charge is -2.17. The number of carboxylic acids is 1. The van der Waals surface area contributed by atoms with E-state index in [-0.39, 0.29) is 11.3 Å². The Morgan fingerprint density at radius 3 is 2.12 bits per heavy atom. The Hall–Kier alpha value is -1.52. The molecule has 2 amide bonds. The van der Waals surface area contributed by atoms with Crippen LogP contribution in [0.5, 0.6) is 0 Å². The van der Waals surface area contributed by atoms with Crippen LogP contribution in [0.3, 0.4) is 0 Å². The zero-order valence-electron chi connectivity index (χ0n) is 11.1. The summed E-state index contributed by atoms with van der Waals surface area (Å²) in [5.41, 5.74) is -0.0302. The second kappa shape index (κ2) is 6.27. The average molecular weight is 242 g/mol. The van der Waals surface area contributed by atoms with E-state index in [1.807, 2.05) is 26.8 Å². The number of urea groups is 1. The van der Waals surface area contributed by atoms with Crippen molar-refractivity contribution >= 4 is 12.0 Å². The van der Waals surface area contributed by atoms with Gasteiger partial charge >= 0.3 is 12.0 Å². The summed E-state index contributed by atoms with van der Waals surface area (Å²) in [6.45, 7) is 9.47. The van der Waals surface area contributed by atoms with Gasteiger partial charge in [0.15, 0.2) is 0 Å². The summed E-state index contributed by atoms with van der Waals surface area (Å²) in [6.07, 6.45) is 3.35. The van der Waals surface area contributed by atoms with E-state index < -0.39 is 18.0 Å². The van der Waals surface area contributed by atoms with Crippen molar-refractivity contribution in [2.45, 2.75) is 40.7 Å². The third kappa shape index (κ3) is 7.38. The van der Waals surface area contributed by atoms with Crippen LogP contribution >= 0.6 is 0 Å². The molecular weight excluding hydrogens is 220 g/mol. The molecule has 0 aromatic carbocycles. The molecular formula is C12H22N2O3. The Labute approximate surface area is 102 Å². The van der Waals surface area contributed by atoms with Gasteiger partial charge in [0.2, 0.25) is 0 Å². The van der Waals surface area contributed by atoms with E-state index in [1.54, 1.807) is 13.8 Å². The molecule has 3 N–H and O–H groups in total. The van der Waals surface area contributed by atoms with Gasteiger partial charge in [0.25, 0.3) is 0 Å². The number of rotatable bonds is 4. The normalized spacial score (nSPS) is 13.8. The first-order valence-electron chi connectivity index (χ1n) is 5.61. The number of aliphatic carboxylic acids is 1. The second-order valence-electron chi connectivity index (χ2n) is 5.38. The van der Waals surface area contributed by atoms with Gasteiger partial charge in [-0.1, -0.05) is 40.7 Å². The summed E-state index contributed by atoms with van der Waals surface area (Å²) in [7, 11) is 0. The number of allylic oxidation sites excluding steroid dienone is 1. The molecule has 17 heavy (non-hydrogen) atoms. The molecule has 0 saturated heterocycles. The average Bonchev–Trinajstić information content (AvgIpc) is 2.10. The van der Waals surface area contributed by atoms with Gasteiger partial charge < -0.3 is 15.7 Å². The first kappa shape index (κ1) is 15.5. The number of carbonyl (C=O) groups excluding carboxylic acids is 1. The first-order valence-corrected chi connectivity index (χ1v) is 5.61. The van der Waals surface area contributed by atoms with E-state index >= 15 is 0 Å². The minimum Gasteiger partial charge on any atom is -0.480 e. The van der Waals surface area contributed by atoms with Crippen LogP contribution in [0, 0.1) is 11.3 Å². The van der Waals surface area contributed by atoms with Gasteiger partial charge in [0.1, 0.15) is 6.04 Å². The maximum absolute atomic E-state index is 11.4. The van der Waals surface area contributed by atoms with Crippen LogP contribution in [-0.4, -0.2) is 23.1 Å². The Morgan fingerprint density at radius 2 is 1.76 bits per heavy atom. The summed E-state index contributed by atoms with van der Waals surface area (Å²) >= 11 is 0. The highest BCUT2D eigenvalue weighted by Crippen LogP contribution is 2.13. The van der Waals surface area contributed by atoms with Crippen LogP contribution in [0.4, 0.5) is 4.79 Å². The molecule has 0 heterocycles. The fraction of sp³-hybridized carbons (Fsp3) is 0.667. The molecule has 5 heteroatoms. The molecule has 0 radical (unpaired) electrons. The van der Waals surface area contributed by atoms with Gasteiger partial charge in [-0.25, -0.2) is 9.59 Å². The lowest BCUT2D eigenvalue weighted by Crippen LogP contribution is -2.47. The molecule has 5 nitrogen and oxygen atoms in total. The predicted molar refractivity (Wildman–Crippen MR) is 66.5 cm³/mol. The molecule has 98 valence electrons. The van der Waals surface area contributed by atoms with E-state index in [2.05, 4.69) is 10.6 Å². The van der Waals surface area contributed by atoms with Crippen molar-refractivity contribution in [3.05, 3.63) is 12.3 Å². The summed E-state index contributed by atoms with van der Waals surface area (Å²) in [5, 5.41) is 13.8. The van der Waals surface area contributed by atoms with Gasteiger partial charge in [-0.05, 0) is 11.3 Å². The highest BCUT2D eigenvalue weighted by atomic mass is 16.4. The number of carbonyl (C=O) groups is 2. The number of hydrogen-bond acceptors (Lipinski definition) is 2. The van der Waals surface area contributed by atoms with Crippen molar-refractivity contribution in [1.29, 1.82) is 0 Å². The standard InChI is InChI=1S/C12H22N2O3/c1-8(2)9(10(15)16)14-11(17)13-7-6-12(3,4)5/h6-9H,1-5H3,(H,15,16)(H2,13,14,17)/b7-6+. The van der Waals surface area contributed by atoms with E-state index in [4.69, 9.17) is 5.11 Å². The Kier molecular flexibility index (Phi) is 5.71. The molecule has 0 aliphatic carbocycles. The minimum atomic E-state index is -1.03. The van der Waals surface area contributed by atoms with Gasteiger partial charge in [-0.3, -0.25) is 0 Å². The minimum absolute atomic E-state index is 0.0302. The number of carboxylic acid groups (broad SMARTS) is 1. The van der Waals surface area contributed by atoms with E-state index in [9.17, 15) is 9.59 Å². The number of amides is 2. The molecule has 0 aromatic heterocycles.